The first-order valence-corrected chi connectivity index (χ1v) is 22.9. The number of likely N-dealkylation sites (N-methyl/N-ethyl adjacent to an activating group) is 1. The molecule has 0 spiro atoms. The summed E-state index contributed by atoms with van der Waals surface area (Å²) in [5.74, 6) is -5.29. The topological polar surface area (TPSA) is 273 Å². The molecule has 0 unspecified atom stereocenters. The molecule has 0 bridgehead atoms. The Bertz CT molecular complexity index is 2240. The molecule has 346 valence electrons. The zero-order valence-electron chi connectivity index (χ0n) is 36.2. The van der Waals surface area contributed by atoms with E-state index in [0.717, 1.165) is 10.8 Å². The van der Waals surface area contributed by atoms with Crippen molar-refractivity contribution in [2.75, 3.05) is 46.4 Å². The van der Waals surface area contributed by atoms with Crippen LogP contribution in [-0.4, -0.2) is 140 Å². The van der Waals surface area contributed by atoms with Crippen molar-refractivity contribution < 1.29 is 62.1 Å². The first-order valence-electron chi connectivity index (χ1n) is 20.4. The van der Waals surface area contributed by atoms with Gasteiger partial charge in [0, 0.05) is 42.5 Å². The summed E-state index contributed by atoms with van der Waals surface area (Å²) in [5, 5.41) is 25.9. The lowest BCUT2D eigenvalue weighted by molar-refractivity contribution is -0.144. The number of carbonyl (C=O) groups is 8. The molecule has 5 rings (SSSR count). The molecule has 0 aliphatic carbocycles. The molecule has 64 heavy (non-hydrogen) atoms. The second-order valence-corrected chi connectivity index (χ2v) is 17.7. The zero-order valence-corrected chi connectivity index (χ0v) is 37.8. The number of ether oxygens (including phenoxy) is 3. The molecule has 1 aromatic heterocycles. The summed E-state index contributed by atoms with van der Waals surface area (Å²) in [6, 6.07) is 2.49. The molecule has 2 aromatic carbocycles. The van der Waals surface area contributed by atoms with Gasteiger partial charge in [-0.2, -0.15) is 0 Å². The van der Waals surface area contributed by atoms with Crippen molar-refractivity contribution in [2.24, 2.45) is 0 Å². The highest BCUT2D eigenvalue weighted by atomic mass is 33.1. The maximum Gasteiger partial charge on any atom is 0.305 e. The Balaban J connectivity index is 1.48. The molecule has 7 N–H and O–H groups in total. The van der Waals surface area contributed by atoms with Gasteiger partial charge in [0.25, 0.3) is 5.91 Å². The van der Waals surface area contributed by atoms with Gasteiger partial charge < -0.3 is 60.5 Å². The summed E-state index contributed by atoms with van der Waals surface area (Å²) in [4.78, 5) is 110. The minimum Gasteiger partial charge on any atom is -0.497 e. The number of amides is 7. The molecule has 7 amide bonds. The maximum absolute atomic E-state index is 14.4. The number of nitrogens with zero attached hydrogens (tertiary/aromatic N) is 1. The van der Waals surface area contributed by atoms with Crippen LogP contribution in [0.4, 0.5) is 0 Å². The van der Waals surface area contributed by atoms with Crippen molar-refractivity contribution >= 4 is 79.9 Å². The fourth-order valence-corrected chi connectivity index (χ4v) is 9.56. The smallest absolute Gasteiger partial charge is 0.305 e. The number of carboxylic acids is 1. The Morgan fingerprint density at radius 2 is 1.58 bits per heavy atom. The summed E-state index contributed by atoms with van der Waals surface area (Å²) in [5.41, 5.74) is 1.34. The normalized spacial score (nSPS) is 23.0. The number of rotatable bonds is 10. The monoisotopic (exact) mass is 927 g/mol. The van der Waals surface area contributed by atoms with Gasteiger partial charge in [-0.15, -0.1) is 0 Å². The second-order valence-electron chi connectivity index (χ2n) is 15.0. The van der Waals surface area contributed by atoms with Crippen molar-refractivity contribution in [3.8, 4) is 17.2 Å². The largest absolute Gasteiger partial charge is 0.497 e. The van der Waals surface area contributed by atoms with Crippen LogP contribution in [0.3, 0.4) is 0 Å². The molecule has 3 heterocycles. The van der Waals surface area contributed by atoms with Gasteiger partial charge in [-0.3, -0.25) is 38.4 Å². The van der Waals surface area contributed by atoms with E-state index >= 15 is 0 Å². The van der Waals surface area contributed by atoms with E-state index < -0.39 is 90.0 Å². The molecule has 20 nitrogen and oxygen atoms in total. The van der Waals surface area contributed by atoms with Gasteiger partial charge >= 0.3 is 5.97 Å². The number of carboxylic acid groups (broad SMARTS) is 1. The molecular weight excluding hydrogens is 875 g/mol. The summed E-state index contributed by atoms with van der Waals surface area (Å²) in [6.07, 6.45) is -0.292. The Labute approximate surface area is 376 Å². The number of hydrogen-bond acceptors (Lipinski definition) is 14. The number of nitrogens with one attached hydrogen (secondary N) is 6. The van der Waals surface area contributed by atoms with E-state index in [0.29, 0.717) is 34.4 Å². The Morgan fingerprint density at radius 3 is 2.23 bits per heavy atom. The van der Waals surface area contributed by atoms with Crippen LogP contribution in [0.5, 0.6) is 17.2 Å². The van der Waals surface area contributed by atoms with Crippen LogP contribution in [0, 0.1) is 6.92 Å². The van der Waals surface area contributed by atoms with Crippen LogP contribution in [-0.2, 0) is 40.0 Å². The molecule has 0 radical (unpaired) electrons. The van der Waals surface area contributed by atoms with Crippen molar-refractivity contribution in [3.05, 3.63) is 53.3 Å². The second kappa shape index (κ2) is 22.5. The minimum absolute atomic E-state index is 0.0125. The van der Waals surface area contributed by atoms with Crippen LogP contribution >= 0.6 is 21.6 Å². The zero-order chi connectivity index (χ0) is 46.7. The van der Waals surface area contributed by atoms with Gasteiger partial charge in [-0.05, 0) is 62.9 Å². The predicted octanol–water partition coefficient (Wildman–Crippen LogP) is 1.06. The Kier molecular flexibility index (Phi) is 17.1. The van der Waals surface area contributed by atoms with Crippen molar-refractivity contribution in [2.45, 2.75) is 82.2 Å². The van der Waals surface area contributed by atoms with E-state index in [2.05, 4.69) is 31.9 Å². The van der Waals surface area contributed by atoms with Gasteiger partial charge in [0.05, 0.1) is 27.8 Å². The average molecular weight is 928 g/mol. The summed E-state index contributed by atoms with van der Waals surface area (Å²) < 4.78 is 22.1. The molecule has 2 fully saturated rings. The third kappa shape index (κ3) is 11.9. The van der Waals surface area contributed by atoms with Gasteiger partial charge in [0.2, 0.25) is 41.2 Å². The molecule has 0 saturated carbocycles. The first-order chi connectivity index (χ1) is 30.6. The summed E-state index contributed by atoms with van der Waals surface area (Å²) >= 11 is 0. The Hall–Kier alpha value is -6.16. The van der Waals surface area contributed by atoms with E-state index in [-0.39, 0.29) is 54.4 Å². The SMILES string of the molecule is CNC(=O)[C@@H]1CSSCC[C@@H](NC(=O)c2oc3c(OC)c(OC)ccc3c2C)C(=O)N[C@@H](C)C(=O)N[C@@H](Cc2ccc(OC)cc2)C(=O)N2CCC[C@H]2C(=O)N[C@@H](CC(=O)O)C(=O)N1. The number of aryl methyl sites for hydroxylation is 1. The van der Waals surface area contributed by atoms with Crippen LogP contribution in [0.15, 0.2) is 40.8 Å². The summed E-state index contributed by atoms with van der Waals surface area (Å²) in [6.45, 7) is 3.20. The average Bonchev–Trinajstić information content (AvgIpc) is 3.91. The third-order valence-corrected chi connectivity index (χ3v) is 13.2. The van der Waals surface area contributed by atoms with E-state index in [1.54, 1.807) is 43.3 Å². The van der Waals surface area contributed by atoms with Gasteiger partial charge in [-0.1, -0.05) is 33.7 Å². The fourth-order valence-electron chi connectivity index (χ4n) is 7.30. The Morgan fingerprint density at radius 1 is 0.859 bits per heavy atom. The number of fused-ring (bicyclic) bond motifs is 2. The van der Waals surface area contributed by atoms with Gasteiger partial charge in [0.15, 0.2) is 17.1 Å². The number of aliphatic carboxylic acids is 1. The lowest BCUT2D eigenvalue weighted by Gasteiger charge is -2.30. The molecule has 22 heteroatoms. The number of methoxy groups -OCH3 is 3. The van der Waals surface area contributed by atoms with Crippen molar-refractivity contribution in [3.63, 3.8) is 0 Å². The highest BCUT2D eigenvalue weighted by molar-refractivity contribution is 8.76. The van der Waals surface area contributed by atoms with Crippen LogP contribution < -0.4 is 46.1 Å². The molecular formula is C42H53N7O13S2. The summed E-state index contributed by atoms with van der Waals surface area (Å²) in [7, 11) is 8.12. The quantitative estimate of drug-likeness (QED) is 0.140. The molecule has 2 saturated heterocycles. The predicted molar refractivity (Wildman–Crippen MR) is 236 cm³/mol. The number of benzene rings is 2. The number of carbonyl (C=O) groups excluding carboxylic acids is 7. The molecule has 3 aromatic rings. The van der Waals surface area contributed by atoms with E-state index in [1.165, 1.54) is 51.0 Å². The molecule has 6 atom stereocenters. The number of furan rings is 1. The van der Waals surface area contributed by atoms with Crippen LogP contribution in [0.2, 0.25) is 0 Å². The maximum atomic E-state index is 14.4. The van der Waals surface area contributed by atoms with E-state index in [9.17, 15) is 43.5 Å². The standard InChI is InChI=1S/C42H53N7O13S2/c1-21-25-13-14-31(60-5)35(61-6)34(25)62-33(21)41(57)45-26-15-17-63-64-20-29(37(53)43-3)48-39(55)27(19-32(50)51)46-40(56)30-8-7-16-49(30)42(58)28(47-36(52)22(2)44-38(26)54)18-23-9-11-24(59-4)12-10-23/h9-14,22,26-30H,7-8,15-20H2,1-6H3,(H,43,53)(H,44,54)(H,45,57)(H,46,56)(H,47,52)(H,48,55)(H,50,51)/t22-,26+,27-,28-,29-,30-/m0/s1. The lowest BCUT2D eigenvalue weighted by Crippen LogP contribution is -2.59. The van der Waals surface area contributed by atoms with E-state index in [4.69, 9.17) is 18.6 Å². The van der Waals surface area contributed by atoms with Crippen LogP contribution in [0.25, 0.3) is 11.0 Å². The highest BCUT2D eigenvalue weighted by Crippen LogP contribution is 2.39. The number of hydrogen-bond donors (Lipinski definition) is 7. The first kappa shape index (κ1) is 48.9. The van der Waals surface area contributed by atoms with Crippen molar-refractivity contribution in [1.29, 1.82) is 0 Å². The van der Waals surface area contributed by atoms with Gasteiger partial charge in [0.1, 0.15) is 42.0 Å². The lowest BCUT2D eigenvalue weighted by atomic mass is 10.0. The molecule has 2 aliphatic heterocycles. The minimum atomic E-state index is -1.61. The van der Waals surface area contributed by atoms with Gasteiger partial charge in [-0.25, -0.2) is 0 Å². The van der Waals surface area contributed by atoms with Crippen molar-refractivity contribution in [1.82, 2.24) is 36.8 Å². The highest BCUT2D eigenvalue weighted by Gasteiger charge is 2.40. The van der Waals surface area contributed by atoms with E-state index in [1.807, 2.05) is 0 Å². The van der Waals surface area contributed by atoms with Crippen LogP contribution in [0.1, 0.15) is 54.3 Å². The fraction of sp³-hybridized carbons (Fsp3) is 0.476. The third-order valence-electron chi connectivity index (χ3n) is 10.8. The molecule has 2 aliphatic rings.